The lowest BCUT2D eigenvalue weighted by atomic mass is 9.94. The van der Waals surface area contributed by atoms with Crippen molar-refractivity contribution in [2.24, 2.45) is 0 Å². The molecule has 4 heteroatoms. The number of H-pyrrole nitrogens is 1. The van der Waals surface area contributed by atoms with E-state index < -0.39 is 0 Å². The summed E-state index contributed by atoms with van der Waals surface area (Å²) in [5.74, 6) is 0. The predicted octanol–water partition coefficient (Wildman–Crippen LogP) is 5.27. The molecule has 126 valence electrons. The number of nitrogen functional groups attached to an aromatic ring is 1. The summed E-state index contributed by atoms with van der Waals surface area (Å²) in [6.07, 6.45) is 10.4. The number of aromatic amines is 1. The summed E-state index contributed by atoms with van der Waals surface area (Å²) in [5.41, 5.74) is 11.6. The third-order valence-electron chi connectivity index (χ3n) is 5.50. The predicted molar refractivity (Wildman–Crippen MR) is 104 cm³/mol. The summed E-state index contributed by atoms with van der Waals surface area (Å²) >= 11 is 0. The van der Waals surface area contributed by atoms with E-state index in [1.807, 2.05) is 24.5 Å². The van der Waals surface area contributed by atoms with Gasteiger partial charge >= 0.3 is 0 Å². The molecule has 0 saturated heterocycles. The number of pyridine rings is 1. The molecule has 0 spiro atoms. The zero-order chi connectivity index (χ0) is 16.8. The van der Waals surface area contributed by atoms with Crippen LogP contribution < -0.4 is 5.73 Å². The van der Waals surface area contributed by atoms with Crippen LogP contribution in [0.1, 0.15) is 38.1 Å². The Morgan fingerprint density at radius 1 is 1.08 bits per heavy atom. The summed E-state index contributed by atoms with van der Waals surface area (Å²) in [6, 6.07) is 13.2. The van der Waals surface area contributed by atoms with E-state index in [0.717, 1.165) is 11.3 Å². The van der Waals surface area contributed by atoms with E-state index in [9.17, 15) is 0 Å². The smallest absolute Gasteiger partial charge is 0.139 e. The summed E-state index contributed by atoms with van der Waals surface area (Å²) in [4.78, 5) is 7.84. The highest BCUT2D eigenvalue weighted by Gasteiger charge is 2.22. The molecule has 3 heterocycles. The van der Waals surface area contributed by atoms with Crippen LogP contribution in [0, 0.1) is 0 Å². The van der Waals surface area contributed by atoms with Crippen molar-refractivity contribution in [1.29, 1.82) is 0 Å². The summed E-state index contributed by atoms with van der Waals surface area (Å²) < 4.78 is 2.56. The largest absolute Gasteiger partial charge is 0.399 e. The van der Waals surface area contributed by atoms with Crippen LogP contribution in [0.25, 0.3) is 33.2 Å². The normalized spacial score (nSPS) is 16.0. The Morgan fingerprint density at radius 2 is 1.96 bits per heavy atom. The molecule has 25 heavy (non-hydrogen) atoms. The van der Waals surface area contributed by atoms with Gasteiger partial charge in [-0.3, -0.25) is 0 Å². The molecule has 0 unspecified atom stereocenters. The van der Waals surface area contributed by atoms with E-state index in [4.69, 9.17) is 5.73 Å². The molecule has 4 nitrogen and oxygen atoms in total. The van der Waals surface area contributed by atoms with E-state index in [1.165, 1.54) is 59.7 Å². The Bertz CT molecular complexity index is 1050. The second-order valence-corrected chi connectivity index (χ2v) is 7.12. The van der Waals surface area contributed by atoms with Gasteiger partial charge in [-0.2, -0.15) is 0 Å². The van der Waals surface area contributed by atoms with Crippen LogP contribution in [0.3, 0.4) is 0 Å². The highest BCUT2D eigenvalue weighted by Crippen LogP contribution is 2.39. The molecule has 0 aliphatic heterocycles. The number of nitrogens with zero attached hydrogens (tertiary/aromatic N) is 2. The fourth-order valence-corrected chi connectivity index (χ4v) is 4.36. The molecule has 0 radical (unpaired) electrons. The van der Waals surface area contributed by atoms with E-state index in [2.05, 4.69) is 38.8 Å². The Labute approximate surface area is 146 Å². The lowest BCUT2D eigenvalue weighted by Gasteiger charge is -2.27. The van der Waals surface area contributed by atoms with Crippen LogP contribution in [0.4, 0.5) is 5.69 Å². The SMILES string of the molecule is Nc1cccc(-c2cc3cnc4[nH]ccc4c3n2C2CCCCC2)c1. The first kappa shape index (κ1) is 14.6. The van der Waals surface area contributed by atoms with E-state index >= 15 is 0 Å². The third-order valence-corrected chi connectivity index (χ3v) is 5.50. The van der Waals surface area contributed by atoms with Crippen LogP contribution in [0.15, 0.2) is 48.8 Å². The zero-order valence-corrected chi connectivity index (χ0v) is 14.2. The Hall–Kier alpha value is -2.75. The van der Waals surface area contributed by atoms with Crippen LogP contribution in [-0.4, -0.2) is 14.5 Å². The number of hydrogen-bond acceptors (Lipinski definition) is 2. The quantitative estimate of drug-likeness (QED) is 0.492. The van der Waals surface area contributed by atoms with Crippen molar-refractivity contribution in [3.8, 4) is 11.3 Å². The van der Waals surface area contributed by atoms with Crippen LogP contribution >= 0.6 is 0 Å². The van der Waals surface area contributed by atoms with Crippen molar-refractivity contribution in [1.82, 2.24) is 14.5 Å². The molecule has 1 fully saturated rings. The first-order valence-corrected chi connectivity index (χ1v) is 9.14. The second kappa shape index (κ2) is 5.66. The molecular formula is C21H22N4. The summed E-state index contributed by atoms with van der Waals surface area (Å²) in [6.45, 7) is 0. The standard InChI is InChI=1S/C21H22N4/c22-16-6-4-5-14(11-16)19-12-15-13-24-21-18(9-10-23-21)20(15)25(19)17-7-2-1-3-8-17/h4-6,9-13,17H,1-3,7-8,22H2,(H,23,24). The van der Waals surface area contributed by atoms with Gasteiger partial charge in [0.25, 0.3) is 0 Å². The number of nitrogens with two attached hydrogens (primary N) is 1. The van der Waals surface area contributed by atoms with Crippen molar-refractivity contribution >= 4 is 27.6 Å². The molecule has 1 aliphatic carbocycles. The number of aromatic nitrogens is 3. The molecule has 4 aromatic rings. The van der Waals surface area contributed by atoms with Gasteiger partial charge in [-0.15, -0.1) is 0 Å². The van der Waals surface area contributed by atoms with Crippen molar-refractivity contribution in [3.63, 3.8) is 0 Å². The highest BCUT2D eigenvalue weighted by atomic mass is 15.0. The molecule has 5 rings (SSSR count). The number of benzene rings is 1. The maximum absolute atomic E-state index is 6.07. The monoisotopic (exact) mass is 330 g/mol. The van der Waals surface area contributed by atoms with Crippen LogP contribution in [0.2, 0.25) is 0 Å². The molecule has 1 aliphatic rings. The number of hydrogen-bond donors (Lipinski definition) is 2. The van der Waals surface area contributed by atoms with Gasteiger partial charge in [0.1, 0.15) is 5.65 Å². The number of anilines is 1. The maximum atomic E-state index is 6.07. The summed E-state index contributed by atoms with van der Waals surface area (Å²) in [5, 5.41) is 2.41. The number of nitrogens with one attached hydrogen (secondary N) is 1. The van der Waals surface area contributed by atoms with Crippen LogP contribution in [-0.2, 0) is 0 Å². The molecule has 0 amide bonds. The molecule has 0 atom stereocenters. The Morgan fingerprint density at radius 3 is 2.80 bits per heavy atom. The molecule has 0 bridgehead atoms. The van der Waals surface area contributed by atoms with Crippen molar-refractivity contribution in [2.75, 3.05) is 5.73 Å². The average Bonchev–Trinajstić information content (AvgIpc) is 3.26. The van der Waals surface area contributed by atoms with Gasteiger partial charge in [0, 0.05) is 46.2 Å². The fraction of sp³-hybridized carbons (Fsp3) is 0.286. The highest BCUT2D eigenvalue weighted by molar-refractivity contribution is 6.05. The van der Waals surface area contributed by atoms with Crippen molar-refractivity contribution in [3.05, 3.63) is 48.8 Å². The lowest BCUT2D eigenvalue weighted by Crippen LogP contribution is -2.13. The van der Waals surface area contributed by atoms with Crippen molar-refractivity contribution < 1.29 is 0 Å². The van der Waals surface area contributed by atoms with Gasteiger partial charge < -0.3 is 15.3 Å². The van der Waals surface area contributed by atoms with Crippen LogP contribution in [0.5, 0.6) is 0 Å². The molecular weight excluding hydrogens is 308 g/mol. The van der Waals surface area contributed by atoms with Gasteiger partial charge in [0.2, 0.25) is 0 Å². The van der Waals surface area contributed by atoms with Gasteiger partial charge in [-0.05, 0) is 37.1 Å². The number of rotatable bonds is 2. The molecule has 1 saturated carbocycles. The van der Waals surface area contributed by atoms with Gasteiger partial charge in [0.15, 0.2) is 0 Å². The minimum Gasteiger partial charge on any atom is -0.399 e. The molecule has 1 aromatic carbocycles. The topological polar surface area (TPSA) is 59.6 Å². The van der Waals surface area contributed by atoms with Gasteiger partial charge in [-0.1, -0.05) is 31.4 Å². The molecule has 3 N–H and O–H groups in total. The third kappa shape index (κ3) is 2.32. The Kier molecular flexibility index (Phi) is 3.30. The summed E-state index contributed by atoms with van der Waals surface area (Å²) in [7, 11) is 0. The fourth-order valence-electron chi connectivity index (χ4n) is 4.36. The number of fused-ring (bicyclic) bond motifs is 3. The first-order chi connectivity index (χ1) is 12.3. The lowest BCUT2D eigenvalue weighted by molar-refractivity contribution is 0.363. The molecule has 3 aromatic heterocycles. The van der Waals surface area contributed by atoms with E-state index in [1.54, 1.807) is 0 Å². The van der Waals surface area contributed by atoms with Gasteiger partial charge in [-0.25, -0.2) is 4.98 Å². The maximum Gasteiger partial charge on any atom is 0.139 e. The minimum atomic E-state index is 0.545. The second-order valence-electron chi connectivity index (χ2n) is 7.12. The zero-order valence-electron chi connectivity index (χ0n) is 14.2. The Balaban J connectivity index is 1.84. The van der Waals surface area contributed by atoms with E-state index in [-0.39, 0.29) is 0 Å². The minimum absolute atomic E-state index is 0.545. The average molecular weight is 330 g/mol. The van der Waals surface area contributed by atoms with E-state index in [0.29, 0.717) is 6.04 Å². The first-order valence-electron chi connectivity index (χ1n) is 9.14. The van der Waals surface area contributed by atoms with Crippen molar-refractivity contribution in [2.45, 2.75) is 38.1 Å². The van der Waals surface area contributed by atoms with Gasteiger partial charge in [0.05, 0.1) is 5.52 Å².